The van der Waals surface area contributed by atoms with Gasteiger partial charge in [0.1, 0.15) is 0 Å². The minimum atomic E-state index is 0.0747. The number of aliphatic hydroxyl groups excluding tert-OH is 1. The van der Waals surface area contributed by atoms with Crippen LogP contribution in [0, 0.1) is 0 Å². The molecule has 0 bridgehead atoms. The van der Waals surface area contributed by atoms with Crippen molar-refractivity contribution >= 4 is 21.9 Å². The molecule has 1 aromatic rings. The topological polar surface area (TPSA) is 58.5 Å². The van der Waals surface area contributed by atoms with Gasteiger partial charge >= 0.3 is 0 Å². The summed E-state index contributed by atoms with van der Waals surface area (Å²) in [5.41, 5.74) is 0. The van der Waals surface area contributed by atoms with Crippen molar-refractivity contribution in [2.45, 2.75) is 18.9 Å². The van der Waals surface area contributed by atoms with E-state index in [1.54, 1.807) is 12.4 Å². The Morgan fingerprint density at radius 2 is 2.24 bits per heavy atom. The average Bonchev–Trinajstić information content (AvgIpc) is 2.37. The molecule has 1 aliphatic rings. The number of hydrogen-bond acceptors (Lipinski definition) is 5. The molecule has 17 heavy (non-hydrogen) atoms. The van der Waals surface area contributed by atoms with Crippen molar-refractivity contribution in [3.05, 3.63) is 16.9 Å². The van der Waals surface area contributed by atoms with Crippen LogP contribution >= 0.6 is 15.9 Å². The maximum absolute atomic E-state index is 8.74. The first-order chi connectivity index (χ1) is 8.29. The quantitative estimate of drug-likeness (QED) is 0.906. The van der Waals surface area contributed by atoms with Crippen LogP contribution < -0.4 is 4.90 Å². The Balaban J connectivity index is 1.94. The maximum atomic E-state index is 8.74. The Bertz CT molecular complexity index is 347. The monoisotopic (exact) mass is 301 g/mol. The highest BCUT2D eigenvalue weighted by atomic mass is 79.9. The Hall–Kier alpha value is -0.720. The van der Waals surface area contributed by atoms with Gasteiger partial charge in [-0.25, -0.2) is 9.97 Å². The lowest BCUT2D eigenvalue weighted by Gasteiger charge is -2.32. The molecular weight excluding hydrogens is 286 g/mol. The van der Waals surface area contributed by atoms with E-state index >= 15 is 0 Å². The molecule has 1 atom stereocenters. The van der Waals surface area contributed by atoms with E-state index < -0.39 is 0 Å². The Kier molecular flexibility index (Phi) is 4.70. The van der Waals surface area contributed by atoms with Crippen LogP contribution in [0.3, 0.4) is 0 Å². The van der Waals surface area contributed by atoms with Gasteiger partial charge in [0.15, 0.2) is 0 Å². The number of rotatable bonds is 4. The van der Waals surface area contributed by atoms with Crippen molar-refractivity contribution in [3.63, 3.8) is 0 Å². The summed E-state index contributed by atoms with van der Waals surface area (Å²) in [6, 6.07) is 0. The van der Waals surface area contributed by atoms with E-state index in [1.165, 1.54) is 0 Å². The second-order valence-corrected chi connectivity index (χ2v) is 4.92. The van der Waals surface area contributed by atoms with Crippen LogP contribution in [0.15, 0.2) is 16.9 Å². The molecule has 2 heterocycles. The minimum absolute atomic E-state index is 0.0747. The van der Waals surface area contributed by atoms with Gasteiger partial charge in [-0.15, -0.1) is 0 Å². The zero-order valence-corrected chi connectivity index (χ0v) is 11.1. The van der Waals surface area contributed by atoms with Crippen molar-refractivity contribution in [1.29, 1.82) is 0 Å². The molecule has 0 aromatic carbocycles. The van der Waals surface area contributed by atoms with Crippen molar-refractivity contribution < 1.29 is 9.84 Å². The van der Waals surface area contributed by atoms with Crippen LogP contribution in [-0.2, 0) is 4.74 Å². The molecule has 5 nitrogen and oxygen atoms in total. The molecule has 0 saturated carbocycles. The van der Waals surface area contributed by atoms with Gasteiger partial charge in [-0.3, -0.25) is 0 Å². The third-order valence-corrected chi connectivity index (χ3v) is 3.12. The summed E-state index contributed by atoms with van der Waals surface area (Å²) in [6.45, 7) is 2.23. The van der Waals surface area contributed by atoms with Crippen LogP contribution in [0.1, 0.15) is 12.8 Å². The molecule has 1 unspecified atom stereocenters. The van der Waals surface area contributed by atoms with Crippen LogP contribution in [0.5, 0.6) is 0 Å². The van der Waals surface area contributed by atoms with Crippen LogP contribution in [-0.4, -0.2) is 47.5 Å². The molecule has 0 amide bonds. The summed E-state index contributed by atoms with van der Waals surface area (Å²) in [4.78, 5) is 10.7. The van der Waals surface area contributed by atoms with Crippen LogP contribution in [0.4, 0.5) is 5.95 Å². The zero-order chi connectivity index (χ0) is 12.1. The Morgan fingerprint density at radius 3 is 2.94 bits per heavy atom. The summed E-state index contributed by atoms with van der Waals surface area (Å²) in [6.07, 6.45) is 5.77. The zero-order valence-electron chi connectivity index (χ0n) is 9.55. The molecule has 1 aromatic heterocycles. The smallest absolute Gasteiger partial charge is 0.225 e. The fourth-order valence-electron chi connectivity index (χ4n) is 1.94. The van der Waals surface area contributed by atoms with E-state index in [0.717, 1.165) is 36.4 Å². The fraction of sp³-hybridized carbons (Fsp3) is 0.636. The third-order valence-electron chi connectivity index (χ3n) is 2.71. The number of aromatic nitrogens is 2. The van der Waals surface area contributed by atoms with E-state index in [0.29, 0.717) is 6.61 Å². The van der Waals surface area contributed by atoms with Gasteiger partial charge in [0.25, 0.3) is 0 Å². The number of piperidine rings is 1. The molecule has 1 saturated heterocycles. The van der Waals surface area contributed by atoms with Crippen LogP contribution in [0.2, 0.25) is 0 Å². The number of hydrogen-bond donors (Lipinski definition) is 1. The van der Waals surface area contributed by atoms with Gasteiger partial charge in [0.2, 0.25) is 5.95 Å². The van der Waals surface area contributed by atoms with Gasteiger partial charge in [0, 0.05) is 25.5 Å². The van der Waals surface area contributed by atoms with E-state index in [-0.39, 0.29) is 12.7 Å². The van der Waals surface area contributed by atoms with E-state index in [9.17, 15) is 0 Å². The summed E-state index contributed by atoms with van der Waals surface area (Å²) in [5, 5.41) is 8.74. The molecular formula is C11H16BrN3O2. The van der Waals surface area contributed by atoms with E-state index in [4.69, 9.17) is 9.84 Å². The number of halogens is 1. The lowest BCUT2D eigenvalue weighted by Crippen LogP contribution is -2.40. The minimum Gasteiger partial charge on any atom is -0.394 e. The van der Waals surface area contributed by atoms with Gasteiger partial charge in [0.05, 0.1) is 23.8 Å². The highest BCUT2D eigenvalue weighted by Gasteiger charge is 2.21. The molecule has 2 rings (SSSR count). The van der Waals surface area contributed by atoms with Crippen molar-refractivity contribution in [2.75, 3.05) is 31.2 Å². The number of aliphatic hydroxyl groups is 1. The van der Waals surface area contributed by atoms with E-state index in [1.807, 2.05) is 0 Å². The van der Waals surface area contributed by atoms with Gasteiger partial charge < -0.3 is 14.7 Å². The standard InChI is InChI=1S/C11H16BrN3O2/c12-9-6-13-11(14-7-9)15-3-1-2-10(8-15)17-5-4-16/h6-7,10,16H,1-5,8H2. The van der Waals surface area contributed by atoms with E-state index in [2.05, 4.69) is 30.8 Å². The van der Waals surface area contributed by atoms with Crippen molar-refractivity contribution in [3.8, 4) is 0 Å². The highest BCUT2D eigenvalue weighted by Crippen LogP contribution is 2.18. The first kappa shape index (κ1) is 12.7. The van der Waals surface area contributed by atoms with Gasteiger partial charge in [-0.1, -0.05) is 0 Å². The Morgan fingerprint density at radius 1 is 1.47 bits per heavy atom. The lowest BCUT2D eigenvalue weighted by atomic mass is 10.1. The molecule has 0 radical (unpaired) electrons. The largest absolute Gasteiger partial charge is 0.394 e. The lowest BCUT2D eigenvalue weighted by molar-refractivity contribution is 0.0212. The highest BCUT2D eigenvalue weighted by molar-refractivity contribution is 9.10. The molecule has 0 spiro atoms. The maximum Gasteiger partial charge on any atom is 0.225 e. The molecule has 6 heteroatoms. The SMILES string of the molecule is OCCOC1CCCN(c2ncc(Br)cn2)C1. The predicted octanol–water partition coefficient (Wildman–Crippen LogP) is 1.22. The van der Waals surface area contributed by atoms with Gasteiger partial charge in [-0.2, -0.15) is 0 Å². The van der Waals surface area contributed by atoms with Crippen molar-refractivity contribution in [2.24, 2.45) is 0 Å². The molecule has 94 valence electrons. The van der Waals surface area contributed by atoms with Crippen LogP contribution in [0.25, 0.3) is 0 Å². The second kappa shape index (κ2) is 6.28. The summed E-state index contributed by atoms with van der Waals surface area (Å²) >= 11 is 3.32. The molecule has 1 aliphatic heterocycles. The Labute approximate surface area is 109 Å². The molecule has 0 aliphatic carbocycles. The summed E-state index contributed by atoms with van der Waals surface area (Å²) < 4.78 is 6.43. The summed E-state index contributed by atoms with van der Waals surface area (Å²) in [5.74, 6) is 0.741. The number of nitrogens with zero attached hydrogens (tertiary/aromatic N) is 3. The predicted molar refractivity (Wildman–Crippen MR) is 68.0 cm³/mol. The van der Waals surface area contributed by atoms with Gasteiger partial charge in [-0.05, 0) is 28.8 Å². The molecule has 1 N–H and O–H groups in total. The fourth-order valence-corrected chi connectivity index (χ4v) is 2.15. The number of anilines is 1. The molecule has 1 fully saturated rings. The average molecular weight is 302 g/mol. The normalized spacial score (nSPS) is 20.6. The summed E-state index contributed by atoms with van der Waals surface area (Å²) in [7, 11) is 0. The third kappa shape index (κ3) is 3.62. The second-order valence-electron chi connectivity index (χ2n) is 4.01. The number of ether oxygens (including phenoxy) is 1. The first-order valence-electron chi connectivity index (χ1n) is 5.74. The van der Waals surface area contributed by atoms with Crippen molar-refractivity contribution in [1.82, 2.24) is 9.97 Å². The first-order valence-corrected chi connectivity index (χ1v) is 6.54.